The lowest BCUT2D eigenvalue weighted by molar-refractivity contribution is -0.114. The smallest absolute Gasteiger partial charge is 0.221 e. The van der Waals surface area contributed by atoms with Gasteiger partial charge in [-0.25, -0.2) is 0 Å². The fourth-order valence-electron chi connectivity index (χ4n) is 2.19. The molecule has 0 fully saturated rings. The minimum Gasteiger partial charge on any atom is -0.356 e. The highest BCUT2D eigenvalue weighted by atomic mass is 16.1. The molecule has 0 saturated carbocycles. The molecule has 0 unspecified atom stereocenters. The lowest BCUT2D eigenvalue weighted by Crippen LogP contribution is -2.39. The molecule has 5 heteroatoms. The Labute approximate surface area is 133 Å². The number of rotatable bonds is 7. The van der Waals surface area contributed by atoms with Crippen molar-refractivity contribution in [2.24, 2.45) is 10.9 Å². The number of hydrogen-bond acceptors (Lipinski definition) is 2. The monoisotopic (exact) mass is 304 g/mol. The number of hydrogen-bond donors (Lipinski definition) is 3. The van der Waals surface area contributed by atoms with Crippen LogP contribution in [0.4, 0.5) is 5.69 Å². The summed E-state index contributed by atoms with van der Waals surface area (Å²) in [6.07, 6.45) is 2.33. The molecule has 0 radical (unpaired) electrons. The zero-order valence-corrected chi connectivity index (χ0v) is 14.1. The summed E-state index contributed by atoms with van der Waals surface area (Å²) in [5.74, 6) is 1.41. The zero-order chi connectivity index (χ0) is 16.4. The topological polar surface area (TPSA) is 65.5 Å². The van der Waals surface area contributed by atoms with Crippen molar-refractivity contribution in [2.45, 2.75) is 40.2 Å². The van der Waals surface area contributed by atoms with Gasteiger partial charge in [0, 0.05) is 32.7 Å². The molecule has 5 nitrogen and oxygen atoms in total. The molecular formula is C17H28N4O. The molecule has 0 spiro atoms. The van der Waals surface area contributed by atoms with Gasteiger partial charge in [-0.3, -0.25) is 9.79 Å². The van der Waals surface area contributed by atoms with Crippen molar-refractivity contribution in [1.82, 2.24) is 10.6 Å². The first-order chi connectivity index (χ1) is 10.6. The van der Waals surface area contributed by atoms with Gasteiger partial charge in [-0.1, -0.05) is 38.8 Å². The zero-order valence-electron chi connectivity index (χ0n) is 14.1. The number of nitrogens with zero attached hydrogens (tertiary/aromatic N) is 1. The maximum absolute atomic E-state index is 11.1. The molecule has 1 amide bonds. The Balaban J connectivity index is 2.51. The number of guanidine groups is 1. The highest BCUT2D eigenvalue weighted by Crippen LogP contribution is 2.10. The Kier molecular flexibility index (Phi) is 8.04. The van der Waals surface area contributed by atoms with Gasteiger partial charge in [0.25, 0.3) is 0 Å². The maximum atomic E-state index is 11.1. The summed E-state index contributed by atoms with van der Waals surface area (Å²) in [7, 11) is 1.77. The van der Waals surface area contributed by atoms with Gasteiger partial charge >= 0.3 is 0 Å². The van der Waals surface area contributed by atoms with Crippen LogP contribution < -0.4 is 16.0 Å². The molecule has 0 heterocycles. The van der Waals surface area contributed by atoms with E-state index in [2.05, 4.69) is 34.8 Å². The summed E-state index contributed by atoms with van der Waals surface area (Å²) in [6, 6.07) is 7.79. The second-order valence-electron chi connectivity index (χ2n) is 5.37. The number of anilines is 1. The quantitative estimate of drug-likeness (QED) is 0.536. The molecule has 22 heavy (non-hydrogen) atoms. The second kappa shape index (κ2) is 9.82. The summed E-state index contributed by atoms with van der Waals surface area (Å²) < 4.78 is 0. The lowest BCUT2D eigenvalue weighted by Gasteiger charge is -2.17. The minimum atomic E-state index is -0.0623. The number of aliphatic imine (C=N–C) groups is 1. The first kappa shape index (κ1) is 18.0. The van der Waals surface area contributed by atoms with Gasteiger partial charge < -0.3 is 16.0 Å². The summed E-state index contributed by atoms with van der Waals surface area (Å²) in [6.45, 7) is 7.52. The molecular weight excluding hydrogens is 276 g/mol. The lowest BCUT2D eigenvalue weighted by atomic mass is 10.0. The van der Waals surface area contributed by atoms with E-state index in [1.54, 1.807) is 7.05 Å². The highest BCUT2D eigenvalue weighted by Gasteiger charge is 2.05. The Morgan fingerprint density at radius 1 is 1.23 bits per heavy atom. The summed E-state index contributed by atoms with van der Waals surface area (Å²) >= 11 is 0. The van der Waals surface area contributed by atoms with Crippen LogP contribution in [-0.4, -0.2) is 25.5 Å². The third-order valence-electron chi connectivity index (χ3n) is 3.64. The highest BCUT2D eigenvalue weighted by molar-refractivity contribution is 5.88. The van der Waals surface area contributed by atoms with Crippen molar-refractivity contribution in [1.29, 1.82) is 0 Å². The van der Waals surface area contributed by atoms with Gasteiger partial charge in [0.15, 0.2) is 5.96 Å². The summed E-state index contributed by atoms with van der Waals surface area (Å²) in [4.78, 5) is 15.3. The Bertz CT molecular complexity index is 495. The van der Waals surface area contributed by atoms with E-state index in [1.807, 2.05) is 24.3 Å². The van der Waals surface area contributed by atoms with Crippen LogP contribution in [-0.2, 0) is 11.3 Å². The number of nitrogens with one attached hydrogen (secondary N) is 3. The van der Waals surface area contributed by atoms with Gasteiger partial charge in [-0.2, -0.15) is 0 Å². The van der Waals surface area contributed by atoms with E-state index in [-0.39, 0.29) is 5.91 Å². The summed E-state index contributed by atoms with van der Waals surface area (Å²) in [5, 5.41) is 9.44. The van der Waals surface area contributed by atoms with E-state index >= 15 is 0 Å². The van der Waals surface area contributed by atoms with E-state index in [1.165, 1.54) is 19.8 Å². The molecule has 1 aromatic carbocycles. The van der Waals surface area contributed by atoms with Crippen LogP contribution in [0.15, 0.2) is 29.3 Å². The van der Waals surface area contributed by atoms with Crippen LogP contribution in [0.3, 0.4) is 0 Å². The standard InChI is InChI=1S/C17H28N4O/c1-5-14(6-2)11-19-17(18-4)20-12-15-8-7-9-16(10-15)21-13(3)22/h7-10,14H,5-6,11-12H2,1-4H3,(H,21,22)(H2,18,19,20). The van der Waals surface area contributed by atoms with Crippen LogP contribution in [0.2, 0.25) is 0 Å². The number of carbonyl (C=O) groups is 1. The van der Waals surface area contributed by atoms with Crippen molar-refractivity contribution in [3.05, 3.63) is 29.8 Å². The van der Waals surface area contributed by atoms with Gasteiger partial charge in [0.05, 0.1) is 0 Å². The molecule has 0 aliphatic heterocycles. The largest absolute Gasteiger partial charge is 0.356 e. The average molecular weight is 304 g/mol. The Morgan fingerprint density at radius 3 is 2.55 bits per heavy atom. The fourth-order valence-corrected chi connectivity index (χ4v) is 2.19. The minimum absolute atomic E-state index is 0.0623. The molecule has 0 atom stereocenters. The van der Waals surface area contributed by atoms with Crippen molar-refractivity contribution in [3.63, 3.8) is 0 Å². The van der Waals surface area contributed by atoms with Crippen molar-refractivity contribution in [3.8, 4) is 0 Å². The predicted octanol–water partition coefficient (Wildman–Crippen LogP) is 2.75. The van der Waals surface area contributed by atoms with E-state index in [9.17, 15) is 4.79 Å². The molecule has 0 bridgehead atoms. The third kappa shape index (κ3) is 6.61. The van der Waals surface area contributed by atoms with Crippen LogP contribution in [0.25, 0.3) is 0 Å². The molecule has 1 rings (SSSR count). The molecule has 3 N–H and O–H groups in total. The third-order valence-corrected chi connectivity index (χ3v) is 3.64. The van der Waals surface area contributed by atoms with Crippen LogP contribution in [0, 0.1) is 5.92 Å². The molecule has 0 aliphatic rings. The van der Waals surface area contributed by atoms with Gasteiger partial charge in [-0.15, -0.1) is 0 Å². The van der Waals surface area contributed by atoms with Gasteiger partial charge in [0.2, 0.25) is 5.91 Å². The molecule has 0 aliphatic carbocycles. The van der Waals surface area contributed by atoms with Crippen molar-refractivity contribution >= 4 is 17.6 Å². The number of amides is 1. The first-order valence-corrected chi connectivity index (χ1v) is 7.90. The van der Waals surface area contributed by atoms with Crippen LogP contribution >= 0.6 is 0 Å². The average Bonchev–Trinajstić information content (AvgIpc) is 2.51. The second-order valence-corrected chi connectivity index (χ2v) is 5.37. The van der Waals surface area contributed by atoms with Crippen LogP contribution in [0.5, 0.6) is 0 Å². The maximum Gasteiger partial charge on any atom is 0.221 e. The fraction of sp³-hybridized carbons (Fsp3) is 0.529. The van der Waals surface area contributed by atoms with Crippen molar-refractivity contribution in [2.75, 3.05) is 18.9 Å². The van der Waals surface area contributed by atoms with Crippen molar-refractivity contribution < 1.29 is 4.79 Å². The van der Waals surface area contributed by atoms with Gasteiger partial charge in [0.1, 0.15) is 0 Å². The molecule has 1 aromatic rings. The number of carbonyl (C=O) groups excluding carboxylic acids is 1. The summed E-state index contributed by atoms with van der Waals surface area (Å²) in [5.41, 5.74) is 1.91. The molecule has 0 aromatic heterocycles. The van der Waals surface area contributed by atoms with E-state index in [0.717, 1.165) is 23.8 Å². The van der Waals surface area contributed by atoms with Crippen LogP contribution in [0.1, 0.15) is 39.2 Å². The normalized spacial score (nSPS) is 11.4. The molecule has 0 saturated heterocycles. The Morgan fingerprint density at radius 2 is 1.95 bits per heavy atom. The van der Waals surface area contributed by atoms with E-state index in [0.29, 0.717) is 12.5 Å². The SMILES string of the molecule is CCC(CC)CNC(=NC)NCc1cccc(NC(C)=O)c1. The van der Waals surface area contributed by atoms with Gasteiger partial charge in [-0.05, 0) is 23.6 Å². The predicted molar refractivity (Wildman–Crippen MR) is 93.0 cm³/mol. The molecule has 122 valence electrons. The number of benzene rings is 1. The Hall–Kier alpha value is -2.04. The van der Waals surface area contributed by atoms with E-state index < -0.39 is 0 Å². The first-order valence-electron chi connectivity index (χ1n) is 7.90. The van der Waals surface area contributed by atoms with E-state index in [4.69, 9.17) is 0 Å².